The standard InChI is InChI=1S/C111H85NO17/c1-18-52-86(53-19-1)113-103-104(114-87-54-20-2-21-55-87,112(129-102-84-50-17-51-85-102)111(127-100-80-46-15-47-81-100,128-101-82-48-16-49-83-101)110(125-98-76-42-13-43-77-98,126-99-78-44-14-45-79-99)106(103,117-90-60-26-5-27-61-90)118-91-62-28-6-29-63-91)107(119-92-64-30-7-31-65-92,120-93-66-32-8-33-67-93)109(123-96-72-38-11-39-73-96,124-97-74-40-12-41-75-97)108(121-94-68-34-9-35-69-94,122-95-70-36-10-37-71-95)105(103,115-88-56-22-3-23-57-88)116-89-58-24-4-25-59-89/h1-85H. The Kier molecular flexibility index (Phi) is 23.0. The van der Waals surface area contributed by atoms with Crippen molar-refractivity contribution in [2.75, 3.05) is 0 Å². The Bertz CT molecular complexity index is 5970. The van der Waals surface area contributed by atoms with Gasteiger partial charge in [-0.15, -0.1) is 0 Å². The van der Waals surface area contributed by atoms with Crippen LogP contribution in [0.4, 0.5) is 0 Å². The van der Waals surface area contributed by atoms with Gasteiger partial charge in [0.05, 0.1) is 0 Å². The normalized spacial score (nSPS) is 17.3. The second-order valence-corrected chi connectivity index (χ2v) is 29.9. The smallest absolute Gasteiger partial charge is 0.442 e. The molecule has 2 atom stereocenters. The molecule has 17 aromatic rings. The number of benzene rings is 17. The van der Waals surface area contributed by atoms with Crippen LogP contribution in [0.2, 0.25) is 0 Å². The van der Waals surface area contributed by atoms with Gasteiger partial charge in [-0.3, -0.25) is 0 Å². The third kappa shape index (κ3) is 15.1. The summed E-state index contributed by atoms with van der Waals surface area (Å²) in [5.74, 6) is -26.7. The van der Waals surface area contributed by atoms with Gasteiger partial charge in [0.15, 0.2) is 0 Å². The van der Waals surface area contributed by atoms with Crippen molar-refractivity contribution >= 4 is 0 Å². The minimum atomic E-state index is -3.93. The van der Waals surface area contributed by atoms with E-state index in [-0.39, 0.29) is 97.7 Å². The third-order valence-corrected chi connectivity index (χ3v) is 21.6. The molecule has 1 aliphatic carbocycles. The largest absolute Gasteiger partial charge is 0.465 e. The minimum absolute atomic E-state index is 0.00402. The van der Waals surface area contributed by atoms with Crippen molar-refractivity contribution in [2.24, 2.45) is 0 Å². The number of fused-ring (bicyclic) bond motifs is 1. The van der Waals surface area contributed by atoms with E-state index in [2.05, 4.69) is 0 Å². The highest BCUT2D eigenvalue weighted by Gasteiger charge is 3.18. The Labute approximate surface area is 746 Å². The summed E-state index contributed by atoms with van der Waals surface area (Å²) in [4.78, 5) is 8.81. The lowest BCUT2D eigenvalue weighted by molar-refractivity contribution is -0.644. The highest BCUT2D eigenvalue weighted by molar-refractivity contribution is 5.55. The number of nitrogens with zero attached hydrogens (tertiary/aromatic N) is 1. The molecule has 0 bridgehead atoms. The Morgan fingerprint density at radius 2 is 0.256 bits per heavy atom. The van der Waals surface area contributed by atoms with Crippen molar-refractivity contribution in [2.45, 2.75) is 52.0 Å². The molecule has 1 saturated heterocycles. The highest BCUT2D eigenvalue weighted by atomic mass is 16.9. The number of piperidine rings is 1. The average molecular weight is 1700 g/mol. The van der Waals surface area contributed by atoms with Crippen LogP contribution in [0.25, 0.3) is 0 Å². The summed E-state index contributed by atoms with van der Waals surface area (Å²) < 4.78 is 145. The number of ether oxygens (including phenoxy) is 16. The van der Waals surface area contributed by atoms with Crippen LogP contribution in [0, 0.1) is 0 Å². The van der Waals surface area contributed by atoms with Crippen LogP contribution in [-0.2, 0) is 0 Å². The summed E-state index contributed by atoms with van der Waals surface area (Å²) in [6.07, 6.45) is 0. The number of para-hydroxylation sites is 17. The van der Waals surface area contributed by atoms with Crippen molar-refractivity contribution in [1.82, 2.24) is 5.06 Å². The lowest BCUT2D eigenvalue weighted by atomic mass is 9.53. The summed E-state index contributed by atoms with van der Waals surface area (Å²) >= 11 is 0. The Morgan fingerprint density at radius 1 is 0.116 bits per heavy atom. The second-order valence-electron chi connectivity index (χ2n) is 29.9. The maximum atomic E-state index is 9.54. The monoisotopic (exact) mass is 1700 g/mol. The van der Waals surface area contributed by atoms with Gasteiger partial charge in [0.2, 0.25) is 0 Å². The van der Waals surface area contributed by atoms with Gasteiger partial charge in [0.25, 0.3) is 0 Å². The molecule has 18 nitrogen and oxygen atoms in total. The summed E-state index contributed by atoms with van der Waals surface area (Å²) in [5, 5.41) is 1.24. The van der Waals surface area contributed by atoms with Crippen LogP contribution in [0.15, 0.2) is 516 Å². The summed E-state index contributed by atoms with van der Waals surface area (Å²) in [5.41, 5.74) is -7.81. The highest BCUT2D eigenvalue weighted by Crippen LogP contribution is 2.76. The predicted octanol–water partition coefficient (Wildman–Crippen LogP) is 23.8. The lowest BCUT2D eigenvalue weighted by Gasteiger charge is -2.76. The zero-order valence-electron chi connectivity index (χ0n) is 69.5. The van der Waals surface area contributed by atoms with E-state index in [0.717, 1.165) is 0 Å². The van der Waals surface area contributed by atoms with Gasteiger partial charge in [0.1, 0.15) is 97.7 Å². The SMILES string of the molecule is c1ccc(ON2C(Oc3ccccc3)(Oc3ccccc3)C(Oc3ccccc3)(Oc3ccccc3)C(Oc3ccccc3)(Oc3ccccc3)C3(Oc4ccccc4)C(Oc4ccccc4)(Oc4ccccc4)C(Oc4ccccc4)(Oc4ccccc4)C(Oc4ccccc4)(Oc4ccccc4)C(Oc4ccccc4)(Oc4ccccc4)C23Oc2ccccc2)cc1. The first-order chi connectivity index (χ1) is 63.7. The van der Waals surface area contributed by atoms with Gasteiger partial charge >= 0.3 is 52.0 Å². The molecule has 18 heteroatoms. The Balaban J connectivity index is 1.25. The topological polar surface area (TPSA) is 160 Å². The molecule has 0 spiro atoms. The van der Waals surface area contributed by atoms with Crippen molar-refractivity contribution in [3.8, 4) is 97.7 Å². The third-order valence-electron chi connectivity index (χ3n) is 21.6. The molecular weight excluding hydrogens is 1620 g/mol. The first kappa shape index (κ1) is 81.9. The van der Waals surface area contributed by atoms with Crippen molar-refractivity contribution in [3.63, 3.8) is 0 Å². The van der Waals surface area contributed by atoms with Gasteiger partial charge in [-0.05, 0) is 206 Å². The molecule has 1 heterocycles. The number of rotatable bonds is 34. The van der Waals surface area contributed by atoms with E-state index in [4.69, 9.17) is 52.2 Å². The molecule has 129 heavy (non-hydrogen) atoms. The summed E-state index contributed by atoms with van der Waals surface area (Å²) in [7, 11) is 0. The molecule has 636 valence electrons. The molecular formula is C111H85NO17. The van der Waals surface area contributed by atoms with E-state index >= 15 is 0 Å². The van der Waals surface area contributed by atoms with Crippen LogP contribution in [0.5, 0.6) is 97.7 Å². The fourth-order valence-corrected chi connectivity index (χ4v) is 16.4. The maximum absolute atomic E-state index is 9.54. The molecule has 0 amide bonds. The van der Waals surface area contributed by atoms with E-state index in [1.807, 2.05) is 103 Å². The van der Waals surface area contributed by atoms with Crippen molar-refractivity contribution in [1.29, 1.82) is 0 Å². The molecule has 17 aromatic carbocycles. The minimum Gasteiger partial charge on any atom is -0.465 e. The van der Waals surface area contributed by atoms with E-state index < -0.39 is 52.0 Å². The Hall–Kier alpha value is -16.7. The van der Waals surface area contributed by atoms with Crippen molar-refractivity contribution < 1.29 is 80.6 Å². The molecule has 1 aliphatic heterocycles. The van der Waals surface area contributed by atoms with E-state index in [1.54, 1.807) is 413 Å². The summed E-state index contributed by atoms with van der Waals surface area (Å²) in [6.45, 7) is 0. The van der Waals surface area contributed by atoms with Gasteiger partial charge in [-0.25, -0.2) is 0 Å². The van der Waals surface area contributed by atoms with Crippen molar-refractivity contribution in [3.05, 3.63) is 516 Å². The molecule has 2 fully saturated rings. The van der Waals surface area contributed by atoms with Crippen LogP contribution in [0.3, 0.4) is 0 Å². The molecule has 2 aliphatic rings. The van der Waals surface area contributed by atoms with Crippen LogP contribution < -0.4 is 80.6 Å². The fourth-order valence-electron chi connectivity index (χ4n) is 16.4. The fraction of sp³-hybridized carbons (Fsp3) is 0.0811. The summed E-state index contributed by atoms with van der Waals surface area (Å²) in [6, 6.07) is 150. The molecule has 1 saturated carbocycles. The predicted molar refractivity (Wildman–Crippen MR) is 487 cm³/mol. The number of hydrogen-bond acceptors (Lipinski definition) is 18. The van der Waals surface area contributed by atoms with E-state index in [9.17, 15) is 28.4 Å². The van der Waals surface area contributed by atoms with E-state index in [1.165, 1.54) is 5.06 Å². The van der Waals surface area contributed by atoms with Crippen LogP contribution in [-0.4, -0.2) is 57.0 Å². The number of hydrogen-bond donors (Lipinski definition) is 0. The second kappa shape index (κ2) is 36.2. The first-order valence-corrected chi connectivity index (χ1v) is 42.1. The van der Waals surface area contributed by atoms with Gasteiger partial charge in [0, 0.05) is 5.06 Å². The first-order valence-electron chi connectivity index (χ1n) is 42.1. The molecule has 0 aromatic heterocycles. The zero-order chi connectivity index (χ0) is 87.0. The number of hydroxylamine groups is 2. The van der Waals surface area contributed by atoms with Gasteiger partial charge in [-0.2, -0.15) is 0 Å². The Morgan fingerprint density at radius 3 is 0.465 bits per heavy atom. The lowest BCUT2D eigenvalue weighted by Crippen LogP contribution is -3.15. The zero-order valence-corrected chi connectivity index (χ0v) is 69.5. The maximum Gasteiger partial charge on any atom is 0.442 e. The molecule has 0 N–H and O–H groups in total. The van der Waals surface area contributed by atoms with Gasteiger partial charge in [-0.1, -0.05) is 309 Å². The van der Waals surface area contributed by atoms with Crippen LogP contribution in [0.1, 0.15) is 0 Å². The van der Waals surface area contributed by atoms with E-state index in [0.29, 0.717) is 0 Å². The molecule has 2 unspecified atom stereocenters. The molecule has 19 rings (SSSR count). The van der Waals surface area contributed by atoms with Crippen LogP contribution >= 0.6 is 0 Å². The average Bonchev–Trinajstić information content (AvgIpc) is 0.597. The molecule has 0 radical (unpaired) electrons. The van der Waals surface area contributed by atoms with Gasteiger partial charge < -0.3 is 80.6 Å². The quantitative estimate of drug-likeness (QED) is 0.0350.